The zero-order chi connectivity index (χ0) is 22.2. The first kappa shape index (κ1) is 21.0. The molecule has 0 aliphatic carbocycles. The van der Waals surface area contributed by atoms with Crippen molar-refractivity contribution in [2.45, 2.75) is 24.9 Å². The molecule has 0 unspecified atom stereocenters. The Morgan fingerprint density at radius 2 is 1.74 bits per heavy atom. The minimum absolute atomic E-state index is 0.0713. The van der Waals surface area contributed by atoms with E-state index in [9.17, 15) is 23.3 Å². The number of hydrazone groups is 1. The van der Waals surface area contributed by atoms with Crippen molar-refractivity contribution in [3.8, 4) is 0 Å². The molecule has 3 heterocycles. The minimum atomic E-state index is -4.59. The molecule has 2 aliphatic heterocycles. The van der Waals surface area contributed by atoms with Crippen molar-refractivity contribution < 1.29 is 18.2 Å². The fourth-order valence-electron chi connectivity index (χ4n) is 3.38. The van der Waals surface area contributed by atoms with Gasteiger partial charge < -0.3 is 9.80 Å². The lowest BCUT2D eigenvalue weighted by atomic mass is 10.0. The van der Waals surface area contributed by atoms with Gasteiger partial charge in [-0.3, -0.25) is 0 Å². The second kappa shape index (κ2) is 7.76. The molecule has 0 bridgehead atoms. The van der Waals surface area contributed by atoms with Crippen molar-refractivity contribution in [2.75, 3.05) is 13.1 Å². The Hall–Kier alpha value is -3.28. The number of hydrogen-bond donors (Lipinski definition) is 0. The molecule has 31 heavy (non-hydrogen) atoms. The summed E-state index contributed by atoms with van der Waals surface area (Å²) in [6.45, 7) is 1.43. The zero-order valence-corrected chi connectivity index (χ0v) is 16.6. The Morgan fingerprint density at radius 1 is 1.10 bits per heavy atom. The number of pyridine rings is 1. The van der Waals surface area contributed by atoms with E-state index in [1.165, 1.54) is 24.3 Å². The van der Waals surface area contributed by atoms with E-state index in [0.29, 0.717) is 29.5 Å². The maximum Gasteiger partial charge on any atom is 0.442 e. The van der Waals surface area contributed by atoms with Gasteiger partial charge in [-0.2, -0.15) is 13.2 Å². The standard InChI is InChI=1S/C18H15ClF3N7O2/c19-15-3-1-2-14(23-15)11-28-9-8-27(16(28)24-29(30)31)10-12-4-6-13(7-5-12)17(25-26-17)18(20,21)22/h1-7H,8-11H2/b24-16+. The van der Waals surface area contributed by atoms with Gasteiger partial charge in [0.15, 0.2) is 5.03 Å². The SMILES string of the molecule is O=[N+]([O-])/N=C1\N(Cc2ccc(C3(C(F)(F)F)N=N3)cc2)CCN1Cc1cccc(Cl)n1. The third-order valence-electron chi connectivity index (χ3n) is 4.93. The van der Waals surface area contributed by atoms with Gasteiger partial charge in [0.25, 0.3) is 5.96 Å². The number of rotatable bonds is 6. The molecule has 4 rings (SSSR count). The summed E-state index contributed by atoms with van der Waals surface area (Å²) in [4.78, 5) is 18.6. The van der Waals surface area contributed by atoms with Crippen molar-refractivity contribution in [2.24, 2.45) is 15.3 Å². The lowest BCUT2D eigenvalue weighted by Crippen LogP contribution is -2.34. The number of nitrogens with zero attached hydrogens (tertiary/aromatic N) is 7. The van der Waals surface area contributed by atoms with Gasteiger partial charge in [-0.05, 0) is 17.7 Å². The minimum Gasteiger partial charge on any atom is -0.331 e. The molecular formula is C18H15ClF3N7O2. The van der Waals surface area contributed by atoms with Crippen LogP contribution in [0.1, 0.15) is 16.8 Å². The summed E-state index contributed by atoms with van der Waals surface area (Å²) < 4.78 is 39.4. The maximum absolute atomic E-state index is 13.1. The van der Waals surface area contributed by atoms with Crippen LogP contribution in [0.4, 0.5) is 13.2 Å². The number of benzene rings is 1. The van der Waals surface area contributed by atoms with Gasteiger partial charge in [0, 0.05) is 25.2 Å². The molecule has 0 radical (unpaired) electrons. The Morgan fingerprint density at radius 3 is 2.29 bits per heavy atom. The number of nitro groups is 1. The molecule has 13 heteroatoms. The van der Waals surface area contributed by atoms with Gasteiger partial charge in [-0.1, -0.05) is 41.9 Å². The molecule has 162 valence electrons. The van der Waals surface area contributed by atoms with Gasteiger partial charge in [-0.15, -0.1) is 10.2 Å². The number of aromatic nitrogens is 1. The summed E-state index contributed by atoms with van der Waals surface area (Å²) in [6.07, 6.45) is -4.59. The molecule has 1 fully saturated rings. The van der Waals surface area contributed by atoms with Gasteiger partial charge in [0.05, 0.1) is 12.2 Å². The first-order valence-electron chi connectivity index (χ1n) is 9.12. The summed E-state index contributed by atoms with van der Waals surface area (Å²) in [5.41, 5.74) is -1.25. The summed E-state index contributed by atoms with van der Waals surface area (Å²) >= 11 is 5.90. The fourth-order valence-corrected chi connectivity index (χ4v) is 3.56. The highest BCUT2D eigenvalue weighted by atomic mass is 35.5. The lowest BCUT2D eigenvalue weighted by Gasteiger charge is -2.21. The van der Waals surface area contributed by atoms with E-state index in [2.05, 4.69) is 20.3 Å². The summed E-state index contributed by atoms with van der Waals surface area (Å²) in [5.74, 6) is 0.148. The lowest BCUT2D eigenvalue weighted by molar-refractivity contribution is -0.486. The van der Waals surface area contributed by atoms with E-state index in [0.717, 1.165) is 0 Å². The first-order chi connectivity index (χ1) is 14.7. The Labute approximate surface area is 179 Å². The van der Waals surface area contributed by atoms with Crippen molar-refractivity contribution >= 4 is 17.6 Å². The molecular weight excluding hydrogens is 439 g/mol. The number of hydrogen-bond acceptors (Lipinski definition) is 5. The predicted octanol–water partition coefficient (Wildman–Crippen LogP) is 3.78. The highest BCUT2D eigenvalue weighted by molar-refractivity contribution is 6.29. The van der Waals surface area contributed by atoms with E-state index >= 15 is 0 Å². The summed E-state index contributed by atoms with van der Waals surface area (Å²) in [5, 5.41) is 20.5. The van der Waals surface area contributed by atoms with E-state index in [4.69, 9.17) is 11.6 Å². The number of alkyl halides is 3. The maximum atomic E-state index is 13.1. The van der Waals surface area contributed by atoms with E-state index in [1.807, 2.05) is 0 Å². The smallest absolute Gasteiger partial charge is 0.331 e. The molecule has 9 nitrogen and oxygen atoms in total. The van der Waals surface area contributed by atoms with Crippen LogP contribution in [0, 0.1) is 10.1 Å². The molecule has 0 saturated carbocycles. The quantitative estimate of drug-likeness (QED) is 0.376. The van der Waals surface area contributed by atoms with Crippen LogP contribution in [0.15, 0.2) is 57.8 Å². The van der Waals surface area contributed by atoms with Crippen LogP contribution >= 0.6 is 11.6 Å². The molecule has 1 aromatic carbocycles. The van der Waals surface area contributed by atoms with Crippen LogP contribution in [0.5, 0.6) is 0 Å². The van der Waals surface area contributed by atoms with Crippen molar-refractivity contribution in [1.29, 1.82) is 0 Å². The van der Waals surface area contributed by atoms with E-state index in [-0.39, 0.29) is 24.6 Å². The Bertz CT molecular complexity index is 1050. The highest BCUT2D eigenvalue weighted by Gasteiger charge is 2.65. The summed E-state index contributed by atoms with van der Waals surface area (Å²) in [7, 11) is 0. The molecule has 0 amide bonds. The van der Waals surface area contributed by atoms with Gasteiger partial charge in [0.2, 0.25) is 0 Å². The third-order valence-corrected chi connectivity index (χ3v) is 5.14. The van der Waals surface area contributed by atoms with Crippen molar-refractivity contribution in [3.05, 3.63) is 74.6 Å². The van der Waals surface area contributed by atoms with Crippen LogP contribution < -0.4 is 0 Å². The summed E-state index contributed by atoms with van der Waals surface area (Å²) in [6, 6.07) is 10.8. The second-order valence-electron chi connectivity index (χ2n) is 7.00. The Kier molecular flexibility index (Phi) is 5.25. The van der Waals surface area contributed by atoms with Crippen molar-refractivity contribution in [3.63, 3.8) is 0 Å². The molecule has 0 atom stereocenters. The zero-order valence-electron chi connectivity index (χ0n) is 15.8. The average molecular weight is 454 g/mol. The molecule has 1 saturated heterocycles. The second-order valence-corrected chi connectivity index (χ2v) is 7.39. The van der Waals surface area contributed by atoms with Crippen molar-refractivity contribution in [1.82, 2.24) is 14.8 Å². The fraction of sp³-hybridized carbons (Fsp3) is 0.333. The largest absolute Gasteiger partial charge is 0.442 e. The average Bonchev–Trinajstić information content (AvgIpc) is 3.45. The monoisotopic (exact) mass is 453 g/mol. The Balaban J connectivity index is 1.49. The normalized spacial score (nSPS) is 18.6. The van der Waals surface area contributed by atoms with Crippen LogP contribution in [-0.4, -0.2) is 45.0 Å². The van der Waals surface area contributed by atoms with Crippen LogP contribution in [0.2, 0.25) is 5.15 Å². The van der Waals surface area contributed by atoms with E-state index in [1.54, 1.807) is 28.0 Å². The molecule has 0 spiro atoms. The molecule has 0 N–H and O–H groups in total. The third kappa shape index (κ3) is 4.29. The van der Waals surface area contributed by atoms with Crippen LogP contribution in [0.25, 0.3) is 0 Å². The predicted molar refractivity (Wildman–Crippen MR) is 104 cm³/mol. The van der Waals surface area contributed by atoms with Gasteiger partial charge in [-0.25, -0.2) is 15.1 Å². The van der Waals surface area contributed by atoms with Gasteiger partial charge >= 0.3 is 11.8 Å². The van der Waals surface area contributed by atoms with Crippen LogP contribution in [0.3, 0.4) is 0 Å². The highest BCUT2D eigenvalue weighted by Crippen LogP contribution is 2.52. The molecule has 2 aromatic rings. The van der Waals surface area contributed by atoms with Crippen LogP contribution in [-0.2, 0) is 18.8 Å². The molecule has 2 aliphatic rings. The van der Waals surface area contributed by atoms with Gasteiger partial charge in [0.1, 0.15) is 10.3 Å². The first-order valence-corrected chi connectivity index (χ1v) is 9.50. The molecule has 1 aromatic heterocycles. The topological polar surface area (TPSA) is 99.6 Å². The van der Waals surface area contributed by atoms with E-state index < -0.39 is 16.9 Å². The number of guanidine groups is 1. The number of halogens is 4.